The molecule has 3 aromatic heterocycles. The maximum atomic E-state index is 6.24. The molecule has 0 saturated heterocycles. The minimum Gasteiger partial charge on any atom is -0.456 e. The molecule has 0 radical (unpaired) electrons. The number of aryl methyl sites for hydroxylation is 1. The fourth-order valence-corrected chi connectivity index (χ4v) is 8.11. The monoisotopic (exact) mass is 558 g/mol. The van der Waals surface area contributed by atoms with E-state index in [9.17, 15) is 0 Å². The highest BCUT2D eigenvalue weighted by Gasteiger charge is 2.35. The van der Waals surface area contributed by atoms with Gasteiger partial charge in [0.15, 0.2) is 0 Å². The second kappa shape index (κ2) is 8.37. The number of benzene rings is 5. The van der Waals surface area contributed by atoms with Gasteiger partial charge in [-0.05, 0) is 70.6 Å². The first kappa shape index (κ1) is 23.9. The molecule has 1 aliphatic rings. The SMILES string of the molecule is Cc1nc(-c2cccc3oc4ccccc4c23)c2c(n1)sc1ccc(-c3ccc4c(c3)C(C)(C)c3ccccc3-4)cc12. The van der Waals surface area contributed by atoms with E-state index < -0.39 is 0 Å². The topological polar surface area (TPSA) is 38.9 Å². The van der Waals surface area contributed by atoms with E-state index in [4.69, 9.17) is 14.4 Å². The van der Waals surface area contributed by atoms with Crippen LogP contribution in [0.4, 0.5) is 0 Å². The van der Waals surface area contributed by atoms with Gasteiger partial charge in [0, 0.05) is 37.2 Å². The zero-order valence-corrected chi connectivity index (χ0v) is 24.3. The zero-order valence-electron chi connectivity index (χ0n) is 23.5. The molecular formula is C38H26N2OS. The maximum Gasteiger partial charge on any atom is 0.136 e. The van der Waals surface area contributed by atoms with Crippen molar-refractivity contribution in [2.24, 2.45) is 0 Å². The Morgan fingerprint density at radius 1 is 0.619 bits per heavy atom. The van der Waals surface area contributed by atoms with Crippen LogP contribution in [0, 0.1) is 6.92 Å². The molecule has 0 amide bonds. The molecule has 0 aliphatic heterocycles. The largest absolute Gasteiger partial charge is 0.456 e. The molecule has 4 heteroatoms. The van der Waals surface area contributed by atoms with Gasteiger partial charge in [0.1, 0.15) is 21.8 Å². The van der Waals surface area contributed by atoms with Crippen LogP contribution < -0.4 is 0 Å². The lowest BCUT2D eigenvalue weighted by Crippen LogP contribution is -2.14. The van der Waals surface area contributed by atoms with Gasteiger partial charge in [-0.25, -0.2) is 9.97 Å². The molecule has 0 unspecified atom stereocenters. The van der Waals surface area contributed by atoms with Crippen LogP contribution in [-0.2, 0) is 5.41 Å². The van der Waals surface area contributed by atoms with Crippen molar-refractivity contribution >= 4 is 53.6 Å². The van der Waals surface area contributed by atoms with Crippen LogP contribution in [0.25, 0.3) is 75.8 Å². The molecule has 0 fully saturated rings. The Hall–Kier alpha value is -4.80. The van der Waals surface area contributed by atoms with Gasteiger partial charge in [0.2, 0.25) is 0 Å². The van der Waals surface area contributed by atoms with Crippen molar-refractivity contribution in [2.45, 2.75) is 26.2 Å². The molecule has 200 valence electrons. The van der Waals surface area contributed by atoms with Crippen molar-refractivity contribution in [1.29, 1.82) is 0 Å². The van der Waals surface area contributed by atoms with Crippen LogP contribution in [-0.4, -0.2) is 9.97 Å². The van der Waals surface area contributed by atoms with E-state index in [0.29, 0.717) is 0 Å². The van der Waals surface area contributed by atoms with Crippen molar-refractivity contribution in [3.05, 3.63) is 120 Å². The molecule has 0 bridgehead atoms. The highest BCUT2D eigenvalue weighted by molar-refractivity contribution is 7.25. The molecule has 42 heavy (non-hydrogen) atoms. The molecule has 3 nitrogen and oxygen atoms in total. The molecule has 0 spiro atoms. The minimum atomic E-state index is -0.0360. The summed E-state index contributed by atoms with van der Waals surface area (Å²) in [6, 6.07) is 37.1. The van der Waals surface area contributed by atoms with Gasteiger partial charge in [-0.15, -0.1) is 11.3 Å². The Kier molecular flexibility index (Phi) is 4.76. The molecular weight excluding hydrogens is 532 g/mol. The van der Waals surface area contributed by atoms with Crippen LogP contribution in [0.2, 0.25) is 0 Å². The fourth-order valence-electron chi connectivity index (χ4n) is 7.01. The van der Waals surface area contributed by atoms with E-state index in [2.05, 4.69) is 98.8 Å². The van der Waals surface area contributed by atoms with E-state index in [1.807, 2.05) is 25.1 Å². The predicted molar refractivity (Wildman–Crippen MR) is 175 cm³/mol. The van der Waals surface area contributed by atoms with Gasteiger partial charge >= 0.3 is 0 Å². The van der Waals surface area contributed by atoms with Gasteiger partial charge in [0.25, 0.3) is 0 Å². The van der Waals surface area contributed by atoms with Gasteiger partial charge in [-0.3, -0.25) is 0 Å². The maximum absolute atomic E-state index is 6.24. The lowest BCUT2D eigenvalue weighted by Gasteiger charge is -2.22. The summed E-state index contributed by atoms with van der Waals surface area (Å²) in [4.78, 5) is 11.0. The van der Waals surface area contributed by atoms with Gasteiger partial charge in [0.05, 0.1) is 5.69 Å². The third-order valence-electron chi connectivity index (χ3n) is 9.02. The summed E-state index contributed by atoms with van der Waals surface area (Å²) in [5, 5.41) is 4.50. The van der Waals surface area contributed by atoms with Crippen molar-refractivity contribution in [3.8, 4) is 33.5 Å². The summed E-state index contributed by atoms with van der Waals surface area (Å²) in [7, 11) is 0. The number of hydrogen-bond donors (Lipinski definition) is 0. The quantitative estimate of drug-likeness (QED) is 0.212. The van der Waals surface area contributed by atoms with Gasteiger partial charge in [-0.2, -0.15) is 0 Å². The number of furan rings is 1. The van der Waals surface area contributed by atoms with Crippen LogP contribution >= 0.6 is 11.3 Å². The first-order valence-electron chi connectivity index (χ1n) is 14.3. The lowest BCUT2D eigenvalue weighted by molar-refractivity contribution is 0.660. The van der Waals surface area contributed by atoms with E-state index in [1.54, 1.807) is 11.3 Å². The lowest BCUT2D eigenvalue weighted by atomic mass is 9.81. The molecule has 5 aromatic carbocycles. The summed E-state index contributed by atoms with van der Waals surface area (Å²) in [5.41, 5.74) is 11.7. The Morgan fingerprint density at radius 2 is 1.36 bits per heavy atom. The summed E-state index contributed by atoms with van der Waals surface area (Å²) in [5.74, 6) is 0.773. The number of nitrogens with zero attached hydrogens (tertiary/aromatic N) is 2. The van der Waals surface area contributed by atoms with Crippen LogP contribution in [0.15, 0.2) is 108 Å². The van der Waals surface area contributed by atoms with Crippen LogP contribution in [0.1, 0.15) is 30.8 Å². The second-order valence-corrected chi connectivity index (χ2v) is 12.9. The molecule has 9 rings (SSSR count). The Bertz CT molecular complexity index is 2410. The normalized spacial score (nSPS) is 13.8. The average molecular weight is 559 g/mol. The first-order valence-corrected chi connectivity index (χ1v) is 15.2. The van der Waals surface area contributed by atoms with Gasteiger partial charge < -0.3 is 4.42 Å². The highest BCUT2D eigenvalue weighted by Crippen LogP contribution is 2.50. The van der Waals surface area contributed by atoms with Crippen molar-refractivity contribution in [1.82, 2.24) is 9.97 Å². The Morgan fingerprint density at radius 3 is 2.29 bits per heavy atom. The second-order valence-electron chi connectivity index (χ2n) is 11.8. The summed E-state index contributed by atoms with van der Waals surface area (Å²) < 4.78 is 7.45. The number of hydrogen-bond acceptors (Lipinski definition) is 4. The number of rotatable bonds is 2. The predicted octanol–water partition coefficient (Wildman–Crippen LogP) is 10.7. The third-order valence-corrected chi connectivity index (χ3v) is 10.1. The van der Waals surface area contributed by atoms with Crippen LogP contribution in [0.5, 0.6) is 0 Å². The third kappa shape index (κ3) is 3.21. The van der Waals surface area contributed by atoms with Crippen LogP contribution in [0.3, 0.4) is 0 Å². The van der Waals surface area contributed by atoms with E-state index in [1.165, 1.54) is 43.5 Å². The number of para-hydroxylation sites is 1. The number of aromatic nitrogens is 2. The highest BCUT2D eigenvalue weighted by atomic mass is 32.1. The molecule has 3 heterocycles. The zero-order chi connectivity index (χ0) is 28.2. The average Bonchev–Trinajstić information content (AvgIpc) is 3.64. The summed E-state index contributed by atoms with van der Waals surface area (Å²) in [6.45, 7) is 6.66. The number of fused-ring (bicyclic) bond motifs is 9. The van der Waals surface area contributed by atoms with E-state index in [0.717, 1.165) is 49.2 Å². The van der Waals surface area contributed by atoms with Crippen molar-refractivity contribution < 1.29 is 4.42 Å². The molecule has 0 atom stereocenters. The molecule has 0 saturated carbocycles. The molecule has 8 aromatic rings. The van der Waals surface area contributed by atoms with Gasteiger partial charge in [-0.1, -0.05) is 86.6 Å². The Labute approximate surface area is 247 Å². The summed E-state index contributed by atoms with van der Waals surface area (Å²) in [6.07, 6.45) is 0. The summed E-state index contributed by atoms with van der Waals surface area (Å²) >= 11 is 1.74. The van der Waals surface area contributed by atoms with E-state index in [-0.39, 0.29) is 5.41 Å². The molecule has 0 N–H and O–H groups in total. The van der Waals surface area contributed by atoms with E-state index >= 15 is 0 Å². The standard InChI is InChI=1S/C38H26N2OS/c1-21-39-36(27-11-8-14-32-34(27)26-10-5-7-13-31(26)41-32)35-28-19-22(16-18-33(28)42-37(35)40-21)23-15-17-25-24-9-4-6-12-29(24)38(2,3)30(25)20-23/h4-20H,1-3H3. The number of thiophene rings is 1. The smallest absolute Gasteiger partial charge is 0.136 e. The van der Waals surface area contributed by atoms with Crippen molar-refractivity contribution in [3.63, 3.8) is 0 Å². The Balaban J connectivity index is 1.28. The first-order chi connectivity index (χ1) is 20.5. The fraction of sp³-hybridized carbons (Fsp3) is 0.105. The minimum absolute atomic E-state index is 0.0360. The van der Waals surface area contributed by atoms with Crippen molar-refractivity contribution in [2.75, 3.05) is 0 Å². The molecule has 1 aliphatic carbocycles.